The lowest BCUT2D eigenvalue weighted by Gasteiger charge is -2.31. The van der Waals surface area contributed by atoms with Gasteiger partial charge in [0, 0.05) is 74.0 Å². The summed E-state index contributed by atoms with van der Waals surface area (Å²) in [6.07, 6.45) is 3.78. The van der Waals surface area contributed by atoms with E-state index in [1.54, 1.807) is 58.2 Å². The second kappa shape index (κ2) is 31.8. The van der Waals surface area contributed by atoms with Gasteiger partial charge in [-0.15, -0.1) is 0 Å². The molecule has 552 valence electrons. The summed E-state index contributed by atoms with van der Waals surface area (Å²) in [4.78, 5) is 132. The highest BCUT2D eigenvalue weighted by atomic mass is 16.6. The first kappa shape index (κ1) is 72.8. The van der Waals surface area contributed by atoms with Gasteiger partial charge in [0.25, 0.3) is 11.8 Å². The van der Waals surface area contributed by atoms with Crippen molar-refractivity contribution < 1.29 is 76.7 Å². The molecule has 6 atom stereocenters. The number of carbonyl (C=O) groups is 9. The number of ether oxygens (including phenoxy) is 6. The number of carbonyl (C=O) groups excluding carboxylic acids is 9. The number of methoxy groups -OCH3 is 3. The summed E-state index contributed by atoms with van der Waals surface area (Å²) >= 11 is 0. The lowest BCUT2D eigenvalue weighted by Crippen LogP contribution is -2.55. The van der Waals surface area contributed by atoms with E-state index in [1.165, 1.54) is 31.3 Å². The second-order valence-corrected chi connectivity index (χ2v) is 27.8. The molecule has 2 unspecified atom stereocenters. The number of benzene rings is 6. The Morgan fingerprint density at radius 1 is 0.736 bits per heavy atom. The third kappa shape index (κ3) is 15.8. The van der Waals surface area contributed by atoms with Crippen molar-refractivity contribution in [3.63, 3.8) is 0 Å². The summed E-state index contributed by atoms with van der Waals surface area (Å²) in [6.45, 7) is 4.23. The minimum atomic E-state index is -1.50. The largest absolute Gasteiger partial charge is 0.497 e. The summed E-state index contributed by atoms with van der Waals surface area (Å²) in [6, 6.07) is 32.9. The predicted octanol–water partition coefficient (Wildman–Crippen LogP) is 8.13. The van der Waals surface area contributed by atoms with Crippen molar-refractivity contribution in [3.05, 3.63) is 166 Å². The molecule has 3 fully saturated rings. The number of rotatable bonds is 25. The molecule has 6 heterocycles. The number of hydrogen-bond acceptors (Lipinski definition) is 17. The van der Waals surface area contributed by atoms with Crippen molar-refractivity contribution in [2.45, 2.75) is 122 Å². The molecule has 0 radical (unpaired) electrons. The van der Waals surface area contributed by atoms with Gasteiger partial charge in [0.2, 0.25) is 35.4 Å². The minimum absolute atomic E-state index is 0.0634. The Morgan fingerprint density at radius 2 is 1.43 bits per heavy atom. The SMILES string of the molecule is CCC(C)[C@H](NC(=O)[C@@H]1CCCN1C(=O)CNC(=O)CNC(=O)CCC(=O)N1Cc2ccccc2C#Cc2ccccc21)C(=O)Nc1ccc(COC(=O)N2c3cc(OCCCOc4cc5c(cc4OC)C(=O)N4C=C(c6ccc(OC)cc6)C[C@H]4CN5)c(OC)cc3C(=O)N3CC4(CC4)C[C@H]3C2O)cc1. The number of nitrogens with one attached hydrogen (secondary N) is 5. The summed E-state index contributed by atoms with van der Waals surface area (Å²) in [5.41, 5.74) is 7.03. The minimum Gasteiger partial charge on any atom is -0.497 e. The van der Waals surface area contributed by atoms with E-state index in [0.717, 1.165) is 45.8 Å². The van der Waals surface area contributed by atoms with Crippen LogP contribution in [0.5, 0.6) is 28.7 Å². The molecule has 7 aliphatic rings. The molecule has 2 saturated heterocycles. The van der Waals surface area contributed by atoms with Crippen molar-refractivity contribution in [1.29, 1.82) is 0 Å². The highest BCUT2D eigenvalue weighted by Crippen LogP contribution is 2.57. The van der Waals surface area contributed by atoms with Crippen LogP contribution in [0.3, 0.4) is 0 Å². The molecule has 6 aromatic carbocycles. The summed E-state index contributed by atoms with van der Waals surface area (Å²) in [5, 5.41) is 26.5. The number of hydrogen-bond donors (Lipinski definition) is 6. The summed E-state index contributed by atoms with van der Waals surface area (Å²) in [5.74, 6) is 4.37. The molecular weight excluding hydrogens is 1360 g/mol. The highest BCUT2D eigenvalue weighted by Gasteiger charge is 2.58. The van der Waals surface area contributed by atoms with E-state index in [0.29, 0.717) is 96.9 Å². The fourth-order valence-corrected chi connectivity index (χ4v) is 14.6. The third-order valence-electron chi connectivity index (χ3n) is 20.9. The zero-order chi connectivity index (χ0) is 74.3. The number of fused-ring (bicyclic) bond motifs is 6. The Morgan fingerprint density at radius 3 is 2.16 bits per heavy atom. The first-order valence-electron chi connectivity index (χ1n) is 35.9. The second-order valence-electron chi connectivity index (χ2n) is 27.8. The number of aliphatic hydroxyl groups excluding tert-OH is 1. The summed E-state index contributed by atoms with van der Waals surface area (Å²) < 4.78 is 35.3. The van der Waals surface area contributed by atoms with Crippen LogP contribution in [0.15, 0.2) is 128 Å². The van der Waals surface area contributed by atoms with Crippen LogP contribution in [-0.4, -0.2) is 171 Å². The molecule has 1 aliphatic carbocycles. The quantitative estimate of drug-likeness (QED) is 0.0233. The van der Waals surface area contributed by atoms with Crippen LogP contribution in [0.25, 0.3) is 5.57 Å². The standard InChI is InChI=1S/C80H86N10O16/c1-6-48(2)73(85-74(95)62-17-11-32-86(62)72(94)43-83-70(92)42-82-69(91)28-29-71(93)88-44-53-15-8-7-13-50(53)20-21-52-14-9-10-16-61(52)88)75(96)84-55-24-18-49(19-25-55)46-106-79(100)90-63-39-68(66(103-5)37-59(63)77(98)89-47-80(30-31-80)40-64(89)78(90)99)105-34-12-33-104-67-38-60-58(36-65(67)102-4)76(97)87-45-54(35-56(87)41-81-60)51-22-26-57(101-3)27-23-51/h7-10,13-16,18-19,22-27,36-39,45,48,56,62,64,73,78,81,99H,6,11-12,17,28-35,40-44,46-47H2,1-5H3,(H,82,91)(H,83,92)(H,84,96)(H,85,95)/t48?,56-,62-,64-,73-,78?/m0/s1. The van der Waals surface area contributed by atoms with Crippen LogP contribution < -0.4 is 60.1 Å². The van der Waals surface area contributed by atoms with Gasteiger partial charge >= 0.3 is 6.09 Å². The molecule has 6 aromatic rings. The number of nitrogens with zero attached hydrogens (tertiary/aromatic N) is 5. The fraction of sp³-hybridized carbons (Fsp3) is 0.388. The number of anilines is 4. The average Bonchev–Trinajstić information content (AvgIpc) is 1.56. The third-order valence-corrected chi connectivity index (χ3v) is 20.9. The smallest absolute Gasteiger partial charge is 0.416 e. The van der Waals surface area contributed by atoms with Gasteiger partial charge in [-0.2, -0.15) is 0 Å². The number of likely N-dealkylation sites (tertiary alicyclic amines) is 1. The van der Waals surface area contributed by atoms with Gasteiger partial charge in [-0.25, -0.2) is 9.69 Å². The van der Waals surface area contributed by atoms with Crippen LogP contribution in [-0.2, 0) is 46.7 Å². The Bertz CT molecular complexity index is 4510. The Balaban J connectivity index is 0.590. The maximum atomic E-state index is 14.6. The molecule has 26 heteroatoms. The van der Waals surface area contributed by atoms with Gasteiger partial charge in [-0.1, -0.05) is 86.7 Å². The van der Waals surface area contributed by atoms with E-state index in [1.807, 2.05) is 92.8 Å². The number of para-hydroxylation sites is 1. The fourth-order valence-electron chi connectivity index (χ4n) is 14.6. The Kier molecular flexibility index (Phi) is 21.8. The lowest BCUT2D eigenvalue weighted by molar-refractivity contribution is -0.139. The zero-order valence-corrected chi connectivity index (χ0v) is 59.8. The number of amides is 9. The molecule has 6 aliphatic heterocycles. The first-order chi connectivity index (χ1) is 51.3. The van der Waals surface area contributed by atoms with Crippen molar-refractivity contribution in [3.8, 4) is 40.6 Å². The van der Waals surface area contributed by atoms with E-state index < -0.39 is 73.1 Å². The molecule has 1 spiro atoms. The van der Waals surface area contributed by atoms with Gasteiger partial charge in [0.15, 0.2) is 29.2 Å². The normalized spacial score (nSPS) is 19.0. The zero-order valence-electron chi connectivity index (χ0n) is 59.8. The van der Waals surface area contributed by atoms with Gasteiger partial charge in [-0.05, 0) is 127 Å². The van der Waals surface area contributed by atoms with Crippen molar-refractivity contribution in [2.75, 3.05) is 87.7 Å². The van der Waals surface area contributed by atoms with E-state index in [4.69, 9.17) is 28.4 Å². The van der Waals surface area contributed by atoms with Crippen LogP contribution >= 0.6 is 0 Å². The molecule has 0 bridgehead atoms. The lowest BCUT2D eigenvalue weighted by atomic mass is 9.97. The van der Waals surface area contributed by atoms with E-state index in [2.05, 4.69) is 38.4 Å². The molecule has 6 N–H and O–H groups in total. The molecule has 9 amide bonds. The van der Waals surface area contributed by atoms with E-state index >= 15 is 0 Å². The monoisotopic (exact) mass is 1440 g/mol. The topological polar surface area (TPSA) is 306 Å². The molecule has 0 aromatic heterocycles. The Hall–Kier alpha value is -11.6. The molecular formula is C80H86N10O16. The van der Waals surface area contributed by atoms with Crippen LogP contribution in [0.4, 0.5) is 27.5 Å². The molecule has 1 saturated carbocycles. The predicted molar refractivity (Wildman–Crippen MR) is 392 cm³/mol. The Labute approximate surface area is 614 Å². The highest BCUT2D eigenvalue weighted by molar-refractivity contribution is 6.07. The molecule has 13 rings (SSSR count). The van der Waals surface area contributed by atoms with E-state index in [9.17, 15) is 48.3 Å². The van der Waals surface area contributed by atoms with Gasteiger partial charge in [0.1, 0.15) is 24.4 Å². The van der Waals surface area contributed by atoms with Gasteiger partial charge in [-0.3, -0.25) is 38.4 Å². The molecule has 26 nitrogen and oxygen atoms in total. The van der Waals surface area contributed by atoms with E-state index in [-0.39, 0.29) is 104 Å². The van der Waals surface area contributed by atoms with Gasteiger partial charge in [0.05, 0.1) is 94.5 Å². The van der Waals surface area contributed by atoms with Crippen LogP contribution in [0, 0.1) is 23.2 Å². The van der Waals surface area contributed by atoms with Crippen molar-refractivity contribution in [1.82, 2.24) is 30.7 Å². The first-order valence-corrected chi connectivity index (χ1v) is 35.9. The van der Waals surface area contributed by atoms with Crippen molar-refractivity contribution in [2.24, 2.45) is 11.3 Å². The summed E-state index contributed by atoms with van der Waals surface area (Å²) in [7, 11) is 4.58. The average molecular weight is 1440 g/mol. The van der Waals surface area contributed by atoms with Crippen LogP contribution in [0.2, 0.25) is 0 Å². The maximum absolute atomic E-state index is 14.6. The van der Waals surface area contributed by atoms with Crippen LogP contribution in [0.1, 0.15) is 127 Å². The maximum Gasteiger partial charge on any atom is 0.416 e. The van der Waals surface area contributed by atoms with Crippen molar-refractivity contribution >= 4 is 81.7 Å². The van der Waals surface area contributed by atoms with Gasteiger partial charge < -0.3 is 79.7 Å². The number of aliphatic hydroxyl groups is 1. The molecule has 106 heavy (non-hydrogen) atoms.